The van der Waals surface area contributed by atoms with Gasteiger partial charge in [-0.2, -0.15) is 0 Å². The molecule has 4 nitrogen and oxygen atoms in total. The predicted octanol–water partition coefficient (Wildman–Crippen LogP) is 1.99. The van der Waals surface area contributed by atoms with Crippen LogP contribution in [0.5, 0.6) is 0 Å². The molecule has 0 saturated carbocycles. The quantitative estimate of drug-likeness (QED) is 0.731. The number of ether oxygens (including phenoxy) is 1. The average Bonchev–Trinajstić information content (AvgIpc) is 2.13. The predicted molar refractivity (Wildman–Crippen MR) is 55.2 cm³/mol. The Balaban J connectivity index is 4.54. The number of carboxylic acids is 1. The van der Waals surface area contributed by atoms with Crippen molar-refractivity contribution in [2.45, 2.75) is 33.1 Å². The first-order chi connectivity index (χ1) is 7.63. The topological polar surface area (TPSA) is 72.5 Å². The van der Waals surface area contributed by atoms with Gasteiger partial charge >= 0.3 is 12.3 Å². The van der Waals surface area contributed by atoms with Gasteiger partial charge < -0.3 is 10.8 Å². The van der Waals surface area contributed by atoms with Crippen LogP contribution in [-0.2, 0) is 9.53 Å². The number of hydrogen-bond donors (Lipinski definition) is 2. The fourth-order valence-electron chi connectivity index (χ4n) is 1.71. The van der Waals surface area contributed by atoms with E-state index in [1.807, 2.05) is 0 Å². The molecule has 0 amide bonds. The Morgan fingerprint density at radius 1 is 1.41 bits per heavy atom. The van der Waals surface area contributed by atoms with Crippen molar-refractivity contribution in [2.75, 3.05) is 13.2 Å². The lowest BCUT2D eigenvalue weighted by atomic mass is 9.77. The molecule has 3 N–H and O–H groups in total. The highest BCUT2D eigenvalue weighted by Gasteiger charge is 2.39. The van der Waals surface area contributed by atoms with Crippen LogP contribution in [0.1, 0.15) is 26.7 Å². The van der Waals surface area contributed by atoms with Crippen molar-refractivity contribution < 1.29 is 27.8 Å². The lowest BCUT2D eigenvalue weighted by Crippen LogP contribution is -2.41. The molecule has 0 saturated heterocycles. The molecule has 0 radical (unpaired) electrons. The molecule has 0 fully saturated rings. The first-order valence-electron chi connectivity index (χ1n) is 5.27. The number of carboxylic acid groups (broad SMARTS) is 1. The van der Waals surface area contributed by atoms with Gasteiger partial charge in [-0.1, -0.05) is 13.8 Å². The van der Waals surface area contributed by atoms with Crippen LogP contribution in [0.2, 0.25) is 0 Å². The normalized spacial score (nSPS) is 15.9. The van der Waals surface area contributed by atoms with E-state index in [9.17, 15) is 18.0 Å². The number of halogens is 3. The number of nitrogens with two attached hydrogens (primary N) is 1. The van der Waals surface area contributed by atoms with Gasteiger partial charge in [0.05, 0.1) is 12.0 Å². The smallest absolute Gasteiger partial charge is 0.481 e. The fourth-order valence-corrected chi connectivity index (χ4v) is 1.71. The first-order valence-corrected chi connectivity index (χ1v) is 5.27. The highest BCUT2D eigenvalue weighted by atomic mass is 19.4. The minimum Gasteiger partial charge on any atom is -0.481 e. The van der Waals surface area contributed by atoms with Crippen LogP contribution in [0.4, 0.5) is 13.2 Å². The van der Waals surface area contributed by atoms with E-state index in [4.69, 9.17) is 10.8 Å². The summed E-state index contributed by atoms with van der Waals surface area (Å²) >= 11 is 0. The lowest BCUT2D eigenvalue weighted by molar-refractivity contribution is -0.326. The van der Waals surface area contributed by atoms with Crippen LogP contribution in [0, 0.1) is 11.3 Å². The monoisotopic (exact) mass is 257 g/mol. The number of rotatable bonds is 7. The molecule has 0 heterocycles. The van der Waals surface area contributed by atoms with Crippen molar-refractivity contribution in [3.8, 4) is 0 Å². The van der Waals surface area contributed by atoms with Crippen molar-refractivity contribution in [1.29, 1.82) is 0 Å². The largest absolute Gasteiger partial charge is 0.522 e. The van der Waals surface area contributed by atoms with Gasteiger partial charge in [-0.3, -0.25) is 9.53 Å². The summed E-state index contributed by atoms with van der Waals surface area (Å²) in [6.07, 6.45) is -4.77. The molecular formula is C10H18F3NO3. The Bertz CT molecular complexity index is 256. The minimum absolute atomic E-state index is 0.0283. The Kier molecular flexibility index (Phi) is 5.91. The molecule has 0 aromatic rings. The molecule has 0 aromatic carbocycles. The van der Waals surface area contributed by atoms with Gasteiger partial charge in [-0.05, 0) is 18.8 Å². The van der Waals surface area contributed by atoms with Crippen molar-refractivity contribution >= 4 is 5.97 Å². The molecule has 102 valence electrons. The Morgan fingerprint density at radius 3 is 2.24 bits per heavy atom. The summed E-state index contributed by atoms with van der Waals surface area (Å²) in [5.74, 6) is -1.15. The zero-order valence-corrected chi connectivity index (χ0v) is 9.88. The van der Waals surface area contributed by atoms with Crippen LogP contribution in [0.25, 0.3) is 0 Å². The van der Waals surface area contributed by atoms with Gasteiger partial charge in [-0.25, -0.2) is 0 Å². The second kappa shape index (κ2) is 6.20. The van der Waals surface area contributed by atoms with E-state index in [1.165, 1.54) is 0 Å². The molecule has 0 bridgehead atoms. The second-order valence-electron chi connectivity index (χ2n) is 4.43. The molecule has 0 aliphatic carbocycles. The van der Waals surface area contributed by atoms with E-state index in [1.54, 1.807) is 13.8 Å². The SMILES string of the molecule is CC(C)CC(CN)(CCOC(F)(F)F)C(=O)O. The highest BCUT2D eigenvalue weighted by molar-refractivity contribution is 5.75. The van der Waals surface area contributed by atoms with Crippen LogP contribution >= 0.6 is 0 Å². The van der Waals surface area contributed by atoms with E-state index < -0.39 is 24.4 Å². The van der Waals surface area contributed by atoms with E-state index in [2.05, 4.69) is 4.74 Å². The zero-order chi connectivity index (χ0) is 13.7. The minimum atomic E-state index is -4.74. The van der Waals surface area contributed by atoms with E-state index in [-0.39, 0.29) is 25.3 Å². The fraction of sp³-hybridized carbons (Fsp3) is 0.900. The summed E-state index contributed by atoms with van der Waals surface area (Å²) in [4.78, 5) is 11.1. The summed E-state index contributed by atoms with van der Waals surface area (Å²) in [7, 11) is 0. The third-order valence-electron chi connectivity index (χ3n) is 2.49. The molecule has 0 rings (SSSR count). The van der Waals surface area contributed by atoms with Gasteiger partial charge in [0.15, 0.2) is 0 Å². The summed E-state index contributed by atoms with van der Waals surface area (Å²) in [6.45, 7) is 2.68. The Hall–Kier alpha value is -0.820. The van der Waals surface area contributed by atoms with Gasteiger partial charge in [0.1, 0.15) is 0 Å². The zero-order valence-electron chi connectivity index (χ0n) is 9.88. The number of hydrogen-bond acceptors (Lipinski definition) is 3. The number of alkyl halides is 3. The molecule has 0 spiro atoms. The highest BCUT2D eigenvalue weighted by Crippen LogP contribution is 2.31. The van der Waals surface area contributed by atoms with E-state index >= 15 is 0 Å². The second-order valence-corrected chi connectivity index (χ2v) is 4.43. The maximum Gasteiger partial charge on any atom is 0.522 e. The standard InChI is InChI=1S/C10H18F3NO3/c1-7(2)5-9(6-14,8(15)16)3-4-17-10(11,12)13/h7H,3-6,14H2,1-2H3,(H,15,16). The van der Waals surface area contributed by atoms with Gasteiger partial charge in [0.25, 0.3) is 0 Å². The lowest BCUT2D eigenvalue weighted by Gasteiger charge is -2.29. The van der Waals surface area contributed by atoms with Crippen molar-refractivity contribution in [3.05, 3.63) is 0 Å². The van der Waals surface area contributed by atoms with Gasteiger partial charge in [-0.15, -0.1) is 13.2 Å². The third-order valence-corrected chi connectivity index (χ3v) is 2.49. The van der Waals surface area contributed by atoms with Crippen molar-refractivity contribution in [3.63, 3.8) is 0 Å². The summed E-state index contributed by atoms with van der Waals surface area (Å²) in [5, 5.41) is 9.09. The maximum atomic E-state index is 11.8. The molecule has 0 aromatic heterocycles. The molecular weight excluding hydrogens is 239 g/mol. The third kappa shape index (κ3) is 5.88. The van der Waals surface area contributed by atoms with Gasteiger partial charge in [0.2, 0.25) is 0 Å². The maximum absolute atomic E-state index is 11.8. The Labute approximate surface area is 97.9 Å². The summed E-state index contributed by atoms with van der Waals surface area (Å²) < 4.78 is 39.0. The molecule has 1 unspecified atom stereocenters. The molecule has 7 heteroatoms. The molecule has 17 heavy (non-hydrogen) atoms. The van der Waals surface area contributed by atoms with Crippen LogP contribution < -0.4 is 5.73 Å². The van der Waals surface area contributed by atoms with Crippen molar-refractivity contribution in [1.82, 2.24) is 0 Å². The molecule has 1 atom stereocenters. The van der Waals surface area contributed by atoms with Gasteiger partial charge in [0, 0.05) is 6.54 Å². The van der Waals surface area contributed by atoms with E-state index in [0.717, 1.165) is 0 Å². The van der Waals surface area contributed by atoms with Crippen LogP contribution in [0.3, 0.4) is 0 Å². The summed E-state index contributed by atoms with van der Waals surface area (Å²) in [6, 6.07) is 0. The molecule has 0 aliphatic heterocycles. The van der Waals surface area contributed by atoms with Crippen LogP contribution in [-0.4, -0.2) is 30.6 Å². The first kappa shape index (κ1) is 16.2. The number of carbonyl (C=O) groups is 1. The van der Waals surface area contributed by atoms with E-state index in [0.29, 0.717) is 0 Å². The molecule has 0 aliphatic rings. The summed E-state index contributed by atoms with van der Waals surface area (Å²) in [5.41, 5.74) is 4.04. The Morgan fingerprint density at radius 2 is 1.94 bits per heavy atom. The number of aliphatic carboxylic acids is 1. The average molecular weight is 257 g/mol. The van der Waals surface area contributed by atoms with Crippen molar-refractivity contribution in [2.24, 2.45) is 17.1 Å². The van der Waals surface area contributed by atoms with Crippen LogP contribution in [0.15, 0.2) is 0 Å².